The van der Waals surface area contributed by atoms with E-state index >= 15 is 0 Å². The molecule has 3 aromatic rings. The van der Waals surface area contributed by atoms with Crippen molar-refractivity contribution in [2.75, 3.05) is 34.8 Å². The van der Waals surface area contributed by atoms with E-state index in [1.54, 1.807) is 23.6 Å². The minimum atomic E-state index is -0.00456. The molecule has 0 unspecified atom stereocenters. The van der Waals surface area contributed by atoms with E-state index in [9.17, 15) is 4.79 Å². The maximum atomic E-state index is 12.3. The Morgan fingerprint density at radius 2 is 2.03 bits per heavy atom. The number of anilines is 3. The average molecular weight is 473 g/mol. The fraction of sp³-hybridized carbons (Fsp3) is 0.269. The minimum Gasteiger partial charge on any atom is -0.362 e. The van der Waals surface area contributed by atoms with Crippen molar-refractivity contribution in [3.05, 3.63) is 82.5 Å². The van der Waals surface area contributed by atoms with Crippen LogP contribution in [-0.2, 0) is 19.4 Å². The lowest BCUT2D eigenvalue weighted by atomic mass is 9.99. The van der Waals surface area contributed by atoms with Gasteiger partial charge in [0.15, 0.2) is 5.13 Å². The van der Waals surface area contributed by atoms with Crippen molar-refractivity contribution in [1.29, 1.82) is 5.41 Å². The lowest BCUT2D eigenvalue weighted by Crippen LogP contribution is -2.46. The summed E-state index contributed by atoms with van der Waals surface area (Å²) in [6.45, 7) is 3.29. The molecule has 3 heterocycles. The van der Waals surface area contributed by atoms with Gasteiger partial charge in [0.1, 0.15) is 0 Å². The number of allylic oxidation sites excluding steroid dienone is 1. The Morgan fingerprint density at radius 1 is 1.15 bits per heavy atom. The number of carbonyl (C=O) groups excluding carboxylic acids is 1. The zero-order valence-electron chi connectivity index (χ0n) is 19.0. The quantitative estimate of drug-likeness (QED) is 0.432. The lowest BCUT2D eigenvalue weighted by molar-refractivity contribution is 0.243. The van der Waals surface area contributed by atoms with E-state index in [1.807, 2.05) is 23.2 Å². The number of hydrogen-bond acceptors (Lipinski definition) is 6. The molecule has 34 heavy (non-hydrogen) atoms. The first-order chi connectivity index (χ1) is 16.7. The number of thiazole rings is 1. The maximum absolute atomic E-state index is 12.3. The Labute approximate surface area is 203 Å². The van der Waals surface area contributed by atoms with Gasteiger partial charge >= 0.3 is 6.03 Å². The summed E-state index contributed by atoms with van der Waals surface area (Å²) in [6.07, 6.45) is 9.44. The molecule has 7 nitrogen and oxygen atoms in total. The predicted octanol–water partition coefficient (Wildman–Crippen LogP) is 4.79. The molecular formula is C26H28N6OS. The van der Waals surface area contributed by atoms with Gasteiger partial charge in [0, 0.05) is 67.5 Å². The fourth-order valence-electron chi connectivity index (χ4n) is 4.39. The molecule has 0 radical (unpaired) electrons. The summed E-state index contributed by atoms with van der Waals surface area (Å²) < 4.78 is 0. The number of urea groups is 1. The van der Waals surface area contributed by atoms with Gasteiger partial charge < -0.3 is 20.9 Å². The Kier molecular flexibility index (Phi) is 6.58. The van der Waals surface area contributed by atoms with Gasteiger partial charge in [-0.25, -0.2) is 9.78 Å². The van der Waals surface area contributed by atoms with E-state index in [-0.39, 0.29) is 6.03 Å². The van der Waals surface area contributed by atoms with Gasteiger partial charge in [-0.05, 0) is 59.9 Å². The van der Waals surface area contributed by atoms with Gasteiger partial charge in [-0.1, -0.05) is 18.2 Å². The first-order valence-electron chi connectivity index (χ1n) is 11.6. The van der Waals surface area contributed by atoms with Gasteiger partial charge in [-0.2, -0.15) is 0 Å². The standard InChI is InChI=1S/C26H28N6OS/c27-10-1-11-28-22-6-3-19(4-7-22)15-24-17-30-26(34-24)31-14-9-20-5-8-23(16-21(20)18-31)32-13-2-12-29-25(32)33/h1,3-8,10-11,16-17,27-28H,2,9,12-15,18H2,(H,29,33)/b11-1-,27-10?. The van der Waals surface area contributed by atoms with Crippen LogP contribution in [-0.4, -0.2) is 36.9 Å². The Morgan fingerprint density at radius 3 is 2.85 bits per heavy atom. The SMILES string of the molecule is N=C/C=C\Nc1ccc(Cc2cnc(N3CCc4ccc(N5CCCNC5=O)cc4C3)s2)cc1. The molecule has 8 heteroatoms. The third kappa shape index (κ3) is 4.97. The summed E-state index contributed by atoms with van der Waals surface area (Å²) >= 11 is 1.75. The van der Waals surface area contributed by atoms with Crippen LogP contribution in [0.4, 0.5) is 21.3 Å². The Balaban J connectivity index is 1.25. The highest BCUT2D eigenvalue weighted by molar-refractivity contribution is 7.15. The average Bonchev–Trinajstić information content (AvgIpc) is 3.33. The fourth-order valence-corrected chi connectivity index (χ4v) is 5.36. The van der Waals surface area contributed by atoms with Crippen LogP contribution in [0, 0.1) is 5.41 Å². The van der Waals surface area contributed by atoms with Crippen molar-refractivity contribution < 1.29 is 4.79 Å². The minimum absolute atomic E-state index is 0.00456. The molecule has 2 aromatic carbocycles. The highest BCUT2D eigenvalue weighted by Gasteiger charge is 2.23. The van der Waals surface area contributed by atoms with E-state index in [4.69, 9.17) is 10.4 Å². The molecule has 1 aromatic heterocycles. The van der Waals surface area contributed by atoms with Crippen molar-refractivity contribution in [3.8, 4) is 0 Å². The highest BCUT2D eigenvalue weighted by atomic mass is 32.1. The molecule has 2 amide bonds. The van der Waals surface area contributed by atoms with Gasteiger partial charge in [0.2, 0.25) is 0 Å². The van der Waals surface area contributed by atoms with E-state index in [0.29, 0.717) is 0 Å². The Hall–Kier alpha value is -3.65. The molecular weight excluding hydrogens is 444 g/mol. The molecule has 0 spiro atoms. The molecule has 174 valence electrons. The highest BCUT2D eigenvalue weighted by Crippen LogP contribution is 2.31. The van der Waals surface area contributed by atoms with E-state index in [2.05, 4.69) is 45.9 Å². The van der Waals surface area contributed by atoms with Crippen LogP contribution in [0.1, 0.15) is 28.0 Å². The first kappa shape index (κ1) is 22.2. The second-order valence-corrected chi connectivity index (χ2v) is 9.61. The van der Waals surface area contributed by atoms with E-state index in [1.165, 1.54) is 27.8 Å². The molecule has 0 atom stereocenters. The van der Waals surface area contributed by atoms with Crippen molar-refractivity contribution in [1.82, 2.24) is 10.3 Å². The van der Waals surface area contributed by atoms with Gasteiger partial charge in [0.05, 0.1) is 0 Å². The number of hydrogen-bond donors (Lipinski definition) is 3. The molecule has 3 N–H and O–H groups in total. The zero-order valence-corrected chi connectivity index (χ0v) is 19.8. The molecule has 2 aliphatic heterocycles. The monoisotopic (exact) mass is 472 g/mol. The number of aromatic nitrogens is 1. The normalized spacial score (nSPS) is 15.8. The van der Waals surface area contributed by atoms with Crippen LogP contribution in [0.3, 0.4) is 0 Å². The molecule has 2 aliphatic rings. The van der Waals surface area contributed by atoms with Crippen LogP contribution in [0.2, 0.25) is 0 Å². The molecule has 1 fully saturated rings. The maximum Gasteiger partial charge on any atom is 0.321 e. The summed E-state index contributed by atoms with van der Waals surface area (Å²) in [5.41, 5.74) is 5.85. The zero-order chi connectivity index (χ0) is 23.3. The van der Waals surface area contributed by atoms with Gasteiger partial charge in [-0.15, -0.1) is 11.3 Å². The second kappa shape index (κ2) is 10.1. The van der Waals surface area contributed by atoms with Crippen molar-refractivity contribution in [2.45, 2.75) is 25.8 Å². The molecule has 0 saturated carbocycles. The van der Waals surface area contributed by atoms with Crippen LogP contribution in [0.25, 0.3) is 0 Å². The first-order valence-corrected chi connectivity index (χ1v) is 12.4. The number of carbonyl (C=O) groups is 1. The van der Waals surface area contributed by atoms with Gasteiger partial charge in [0.25, 0.3) is 0 Å². The van der Waals surface area contributed by atoms with Crippen LogP contribution in [0.15, 0.2) is 60.9 Å². The van der Waals surface area contributed by atoms with Crippen molar-refractivity contribution in [2.24, 2.45) is 0 Å². The summed E-state index contributed by atoms with van der Waals surface area (Å²) in [4.78, 5) is 22.4. The van der Waals surface area contributed by atoms with Crippen molar-refractivity contribution >= 4 is 40.1 Å². The largest absolute Gasteiger partial charge is 0.362 e. The lowest BCUT2D eigenvalue weighted by Gasteiger charge is -2.31. The van der Waals surface area contributed by atoms with E-state index < -0.39 is 0 Å². The summed E-state index contributed by atoms with van der Waals surface area (Å²) in [5.74, 6) is 0. The smallest absolute Gasteiger partial charge is 0.321 e. The van der Waals surface area contributed by atoms with Crippen molar-refractivity contribution in [3.63, 3.8) is 0 Å². The molecule has 0 bridgehead atoms. The number of rotatable bonds is 7. The summed E-state index contributed by atoms with van der Waals surface area (Å²) in [7, 11) is 0. The second-order valence-electron chi connectivity index (χ2n) is 8.51. The number of nitrogens with one attached hydrogen (secondary N) is 3. The number of nitrogens with zero attached hydrogens (tertiary/aromatic N) is 3. The Bertz CT molecular complexity index is 1200. The molecule has 0 aliphatic carbocycles. The third-order valence-electron chi connectivity index (χ3n) is 6.18. The topological polar surface area (TPSA) is 84.3 Å². The predicted molar refractivity (Wildman–Crippen MR) is 139 cm³/mol. The van der Waals surface area contributed by atoms with Crippen LogP contribution in [0.5, 0.6) is 0 Å². The number of amides is 2. The summed E-state index contributed by atoms with van der Waals surface area (Å²) in [5, 5.41) is 14.2. The van der Waals surface area contributed by atoms with E-state index in [0.717, 1.165) is 61.9 Å². The third-order valence-corrected chi connectivity index (χ3v) is 7.24. The van der Waals surface area contributed by atoms with Crippen LogP contribution >= 0.6 is 11.3 Å². The number of fused-ring (bicyclic) bond motifs is 1. The van der Waals surface area contributed by atoms with Crippen LogP contribution < -0.4 is 20.4 Å². The number of benzene rings is 2. The summed E-state index contributed by atoms with van der Waals surface area (Å²) in [6, 6.07) is 14.8. The molecule has 5 rings (SSSR count). The van der Waals surface area contributed by atoms with Gasteiger partial charge in [-0.3, -0.25) is 4.90 Å². The molecule has 1 saturated heterocycles.